The highest BCUT2D eigenvalue weighted by Gasteiger charge is 2.22. The van der Waals surface area contributed by atoms with Crippen LogP contribution in [0, 0.1) is 5.41 Å². The first-order valence-corrected chi connectivity index (χ1v) is 12.9. The molecule has 0 spiro atoms. The van der Waals surface area contributed by atoms with Gasteiger partial charge in [0.25, 0.3) is 0 Å². The van der Waals surface area contributed by atoms with Crippen LogP contribution in [0.3, 0.4) is 0 Å². The quantitative estimate of drug-likeness (QED) is 0.346. The van der Waals surface area contributed by atoms with E-state index in [0.717, 1.165) is 36.8 Å². The summed E-state index contributed by atoms with van der Waals surface area (Å²) < 4.78 is 28.8. The van der Waals surface area contributed by atoms with Crippen LogP contribution < -0.4 is 4.72 Å². The number of halogens is 1. The van der Waals surface area contributed by atoms with E-state index in [2.05, 4.69) is 25.5 Å². The van der Waals surface area contributed by atoms with Crippen LogP contribution in [-0.2, 0) is 21.2 Å². The highest BCUT2D eigenvalue weighted by atomic mass is 35.5. The molecule has 0 amide bonds. The van der Waals surface area contributed by atoms with Gasteiger partial charge in [0.15, 0.2) is 0 Å². The van der Waals surface area contributed by atoms with E-state index in [0.29, 0.717) is 17.9 Å². The van der Waals surface area contributed by atoms with Crippen molar-refractivity contribution in [3.63, 3.8) is 0 Å². The molecule has 0 aliphatic heterocycles. The van der Waals surface area contributed by atoms with Crippen molar-refractivity contribution >= 4 is 27.6 Å². The first-order chi connectivity index (χ1) is 15.0. The van der Waals surface area contributed by atoms with E-state index in [1.54, 1.807) is 12.1 Å². The molecule has 2 N–H and O–H groups in total. The largest absolute Gasteiger partial charge is 0.481 e. The van der Waals surface area contributed by atoms with Crippen LogP contribution in [0.25, 0.3) is 0 Å². The molecule has 0 radical (unpaired) electrons. The summed E-state index contributed by atoms with van der Waals surface area (Å²) in [6, 6.07) is 13.8. The van der Waals surface area contributed by atoms with Crippen LogP contribution in [0.2, 0.25) is 5.02 Å². The van der Waals surface area contributed by atoms with Gasteiger partial charge in [0, 0.05) is 17.5 Å². The molecule has 5 nitrogen and oxygen atoms in total. The second kappa shape index (κ2) is 11.8. The number of nitrogens with one attached hydrogen (secondary N) is 1. The fourth-order valence-electron chi connectivity index (χ4n) is 3.52. The monoisotopic (exact) mass is 479 g/mol. The molecule has 2 aromatic carbocycles. The van der Waals surface area contributed by atoms with Crippen LogP contribution in [0.1, 0.15) is 76.5 Å². The normalized spacial score (nSPS) is 13.1. The lowest BCUT2D eigenvalue weighted by atomic mass is 9.88. The molecule has 2 aromatic rings. The van der Waals surface area contributed by atoms with Crippen LogP contribution in [-0.4, -0.2) is 19.5 Å². The molecule has 0 aliphatic rings. The SMILES string of the molecule is CC(C)(C)CCCC(NS(=O)(=O)c1ccc(Cl)cc1)c1ccc(CCCCC(=O)O)cc1. The molecule has 2 rings (SSSR count). The molecule has 1 atom stereocenters. The van der Waals surface area contributed by atoms with Crippen molar-refractivity contribution in [3.8, 4) is 0 Å². The summed E-state index contributed by atoms with van der Waals surface area (Å²) in [5.41, 5.74) is 2.22. The van der Waals surface area contributed by atoms with E-state index < -0.39 is 16.0 Å². The van der Waals surface area contributed by atoms with Crippen molar-refractivity contribution in [2.75, 3.05) is 0 Å². The Balaban J connectivity index is 2.13. The van der Waals surface area contributed by atoms with Crippen LogP contribution in [0.5, 0.6) is 0 Å². The van der Waals surface area contributed by atoms with E-state index in [9.17, 15) is 13.2 Å². The fourth-order valence-corrected chi connectivity index (χ4v) is 4.91. The van der Waals surface area contributed by atoms with Crippen molar-refractivity contribution < 1.29 is 18.3 Å². The van der Waals surface area contributed by atoms with Crippen LogP contribution in [0.4, 0.5) is 0 Å². The summed E-state index contributed by atoms with van der Waals surface area (Å²) in [6.07, 6.45) is 5.03. The number of benzene rings is 2. The zero-order valence-corrected chi connectivity index (χ0v) is 20.7. The lowest BCUT2D eigenvalue weighted by molar-refractivity contribution is -0.137. The number of rotatable bonds is 12. The van der Waals surface area contributed by atoms with E-state index in [1.165, 1.54) is 12.1 Å². The molecule has 0 aliphatic carbocycles. The summed E-state index contributed by atoms with van der Waals surface area (Å²) in [4.78, 5) is 10.8. The van der Waals surface area contributed by atoms with Gasteiger partial charge in [0.2, 0.25) is 10.0 Å². The smallest absolute Gasteiger partial charge is 0.303 e. The molecule has 0 bridgehead atoms. The maximum atomic E-state index is 13.0. The molecule has 176 valence electrons. The van der Waals surface area contributed by atoms with Gasteiger partial charge in [-0.2, -0.15) is 0 Å². The van der Waals surface area contributed by atoms with E-state index in [-0.39, 0.29) is 22.8 Å². The minimum Gasteiger partial charge on any atom is -0.481 e. The van der Waals surface area contributed by atoms with Gasteiger partial charge in [-0.25, -0.2) is 13.1 Å². The van der Waals surface area contributed by atoms with Gasteiger partial charge in [0.1, 0.15) is 0 Å². The molecule has 0 fully saturated rings. The van der Waals surface area contributed by atoms with Gasteiger partial charge >= 0.3 is 5.97 Å². The predicted molar refractivity (Wildman–Crippen MR) is 129 cm³/mol. The maximum absolute atomic E-state index is 13.0. The lowest BCUT2D eigenvalue weighted by Crippen LogP contribution is -2.29. The zero-order chi connectivity index (χ0) is 23.8. The number of aliphatic carboxylic acids is 1. The lowest BCUT2D eigenvalue weighted by Gasteiger charge is -2.23. The Morgan fingerprint density at radius 3 is 2.19 bits per heavy atom. The average Bonchev–Trinajstić information content (AvgIpc) is 2.70. The number of carboxylic acids is 1. The second-order valence-electron chi connectivity index (χ2n) is 9.42. The van der Waals surface area contributed by atoms with Gasteiger partial charge in [-0.3, -0.25) is 4.79 Å². The third kappa shape index (κ3) is 9.31. The number of hydrogen-bond donors (Lipinski definition) is 2. The first kappa shape index (κ1) is 26.4. The summed E-state index contributed by atoms with van der Waals surface area (Å²) in [5, 5.41) is 9.25. The summed E-state index contributed by atoms with van der Waals surface area (Å²) in [5.74, 6) is -0.772. The third-order valence-corrected chi connectivity index (χ3v) is 7.07. The summed E-state index contributed by atoms with van der Waals surface area (Å²) >= 11 is 5.91. The van der Waals surface area contributed by atoms with Crippen LogP contribution in [0.15, 0.2) is 53.4 Å². The molecule has 0 aromatic heterocycles. The van der Waals surface area contributed by atoms with Gasteiger partial charge in [-0.15, -0.1) is 0 Å². The number of hydrogen-bond acceptors (Lipinski definition) is 3. The highest BCUT2D eigenvalue weighted by molar-refractivity contribution is 7.89. The Kier molecular flexibility index (Phi) is 9.74. The Hall–Kier alpha value is -1.89. The molecule has 7 heteroatoms. The van der Waals surface area contributed by atoms with E-state index >= 15 is 0 Å². The number of carbonyl (C=O) groups is 1. The fraction of sp³-hybridized carbons (Fsp3) is 0.480. The molecule has 0 saturated heterocycles. The maximum Gasteiger partial charge on any atom is 0.303 e. The minimum atomic E-state index is -3.69. The van der Waals surface area contributed by atoms with Gasteiger partial charge in [0.05, 0.1) is 4.90 Å². The Morgan fingerprint density at radius 2 is 1.62 bits per heavy atom. The predicted octanol–water partition coefficient (Wildman–Crippen LogP) is 6.37. The van der Waals surface area contributed by atoms with Gasteiger partial charge < -0.3 is 5.11 Å². The molecular formula is C25H34ClNO4S. The van der Waals surface area contributed by atoms with Crippen molar-refractivity contribution in [1.29, 1.82) is 0 Å². The van der Waals surface area contributed by atoms with Crippen molar-refractivity contribution in [2.45, 2.75) is 76.7 Å². The van der Waals surface area contributed by atoms with E-state index in [4.69, 9.17) is 16.7 Å². The highest BCUT2D eigenvalue weighted by Crippen LogP contribution is 2.28. The molecule has 32 heavy (non-hydrogen) atoms. The zero-order valence-electron chi connectivity index (χ0n) is 19.1. The van der Waals surface area contributed by atoms with Gasteiger partial charge in [-0.1, -0.05) is 63.1 Å². The topological polar surface area (TPSA) is 83.5 Å². The Bertz CT molecular complexity index is 964. The molecule has 1 unspecified atom stereocenters. The minimum absolute atomic E-state index is 0.180. The number of sulfonamides is 1. The molecule has 0 saturated carbocycles. The number of unbranched alkanes of at least 4 members (excludes halogenated alkanes) is 1. The van der Waals surface area contributed by atoms with Crippen LogP contribution >= 0.6 is 11.6 Å². The summed E-state index contributed by atoms with van der Waals surface area (Å²) in [6.45, 7) is 6.54. The Morgan fingerprint density at radius 1 is 1.00 bits per heavy atom. The number of aryl methyl sites for hydroxylation is 1. The summed E-state index contributed by atoms with van der Waals surface area (Å²) in [7, 11) is -3.69. The molecule has 0 heterocycles. The number of carboxylic acid groups (broad SMARTS) is 1. The average molecular weight is 480 g/mol. The Labute approximate surface area is 197 Å². The van der Waals surface area contributed by atoms with E-state index in [1.807, 2.05) is 24.3 Å². The first-order valence-electron chi connectivity index (χ1n) is 11.0. The van der Waals surface area contributed by atoms with Crippen molar-refractivity contribution in [1.82, 2.24) is 4.72 Å². The van der Waals surface area contributed by atoms with Crippen molar-refractivity contribution in [2.24, 2.45) is 5.41 Å². The third-order valence-electron chi connectivity index (χ3n) is 5.33. The standard InChI is InChI=1S/C25H34ClNO4S/c1-25(2,3)18-6-8-23(27-32(30,31)22-16-14-21(26)15-17-22)20-12-10-19(11-13-20)7-4-5-9-24(28)29/h10-17,23,27H,4-9,18H2,1-3H3,(H,28,29). The van der Waals surface area contributed by atoms with Gasteiger partial charge in [-0.05, 0) is 72.9 Å². The van der Waals surface area contributed by atoms with Crippen molar-refractivity contribution in [3.05, 3.63) is 64.7 Å². The molecular weight excluding hydrogens is 446 g/mol. The second-order valence-corrected chi connectivity index (χ2v) is 11.6.